The number of thiophene rings is 1. The SMILES string of the molecule is CN1CCC2Nc3cccc4c(CC(F)(F)F)c(sc34)C#CCNc3cc(C#N)cc(c3)OCCOCCOCCC2C1. The standard InChI is InChI=1S/C32H35F3N4O3S/c1-39-10-7-28-23(21-39)8-11-40-12-13-41-14-15-42-25-17-22(20-36)16-24(18-25)37-9-3-6-30-27(19-32(33,34)35)26-4-2-5-29(38-28)31(26)43-30/h2,4-5,16-18,23,28,37-38H,7-15,19,21H2,1H3. The first-order chi connectivity index (χ1) is 20.8. The fourth-order valence-corrected chi connectivity index (χ4v) is 6.72. The summed E-state index contributed by atoms with van der Waals surface area (Å²) in [4.78, 5) is 2.72. The van der Waals surface area contributed by atoms with Crippen molar-refractivity contribution in [3.8, 4) is 23.7 Å². The molecule has 2 aliphatic heterocycles. The average molecular weight is 613 g/mol. The second-order valence-corrected chi connectivity index (χ2v) is 11.8. The van der Waals surface area contributed by atoms with Gasteiger partial charge in [-0.3, -0.25) is 0 Å². The molecular weight excluding hydrogens is 577 g/mol. The fraction of sp³-hybridized carbons (Fsp3) is 0.469. The Hall–Kier alpha value is -3.48. The molecule has 1 aromatic heterocycles. The number of halogens is 3. The number of nitrogens with zero attached hydrogens (tertiary/aromatic N) is 2. The zero-order chi connectivity index (χ0) is 30.2. The van der Waals surface area contributed by atoms with Crippen LogP contribution < -0.4 is 15.4 Å². The van der Waals surface area contributed by atoms with Gasteiger partial charge in [-0.15, -0.1) is 11.3 Å². The van der Waals surface area contributed by atoms with Crippen LogP contribution in [0.15, 0.2) is 36.4 Å². The molecular formula is C32H35F3N4O3S. The van der Waals surface area contributed by atoms with E-state index in [4.69, 9.17) is 14.2 Å². The van der Waals surface area contributed by atoms with Gasteiger partial charge in [0.1, 0.15) is 12.4 Å². The third kappa shape index (κ3) is 8.55. The number of nitrogens with one attached hydrogen (secondary N) is 2. The van der Waals surface area contributed by atoms with Gasteiger partial charge in [0, 0.05) is 30.9 Å². The predicted octanol–water partition coefficient (Wildman–Crippen LogP) is 5.89. The van der Waals surface area contributed by atoms with Crippen molar-refractivity contribution in [1.82, 2.24) is 4.90 Å². The summed E-state index contributed by atoms with van der Waals surface area (Å²) in [7, 11) is 2.11. The first kappa shape index (κ1) is 31.0. The van der Waals surface area contributed by atoms with E-state index < -0.39 is 12.6 Å². The van der Waals surface area contributed by atoms with Gasteiger partial charge >= 0.3 is 6.18 Å². The smallest absolute Gasteiger partial charge is 0.393 e. The highest BCUT2D eigenvalue weighted by atomic mass is 32.1. The topological polar surface area (TPSA) is 78.8 Å². The van der Waals surface area contributed by atoms with Crippen molar-refractivity contribution in [2.75, 3.05) is 70.3 Å². The Morgan fingerprint density at radius 2 is 1.91 bits per heavy atom. The molecule has 3 aromatic rings. The minimum atomic E-state index is -4.37. The lowest BCUT2D eigenvalue weighted by Gasteiger charge is -2.38. The molecule has 228 valence electrons. The normalized spacial score (nSPS) is 20.9. The number of hydrogen-bond acceptors (Lipinski definition) is 8. The number of benzene rings is 2. The molecule has 3 heterocycles. The van der Waals surface area contributed by atoms with E-state index in [0.29, 0.717) is 66.2 Å². The monoisotopic (exact) mass is 612 g/mol. The lowest BCUT2D eigenvalue weighted by atomic mass is 9.89. The van der Waals surface area contributed by atoms with Crippen LogP contribution >= 0.6 is 11.3 Å². The molecule has 0 spiro atoms. The Labute approximate surface area is 253 Å². The van der Waals surface area contributed by atoms with Gasteiger partial charge in [0.15, 0.2) is 0 Å². The third-order valence-corrected chi connectivity index (χ3v) is 8.79. The number of nitriles is 1. The van der Waals surface area contributed by atoms with Crippen molar-refractivity contribution in [3.05, 3.63) is 52.4 Å². The Bertz CT molecular complexity index is 1510. The number of alkyl halides is 3. The van der Waals surface area contributed by atoms with Crippen molar-refractivity contribution >= 4 is 32.8 Å². The molecule has 0 radical (unpaired) electrons. The quantitative estimate of drug-likeness (QED) is 0.332. The van der Waals surface area contributed by atoms with E-state index >= 15 is 0 Å². The maximum Gasteiger partial charge on any atom is 0.393 e. The van der Waals surface area contributed by atoms with E-state index in [1.165, 1.54) is 11.3 Å². The highest BCUT2D eigenvalue weighted by molar-refractivity contribution is 7.20. The minimum Gasteiger partial charge on any atom is -0.491 e. The molecule has 0 amide bonds. The van der Waals surface area contributed by atoms with Crippen LogP contribution in [-0.2, 0) is 15.9 Å². The van der Waals surface area contributed by atoms with Gasteiger partial charge in [-0.1, -0.05) is 24.0 Å². The van der Waals surface area contributed by atoms with Crippen molar-refractivity contribution in [1.29, 1.82) is 5.26 Å². The summed E-state index contributed by atoms with van der Waals surface area (Å²) in [5.74, 6) is 6.82. The number of rotatable bonds is 1. The van der Waals surface area contributed by atoms with Gasteiger partial charge < -0.3 is 29.7 Å². The molecule has 0 aliphatic carbocycles. The number of likely N-dealkylation sites (tertiary alicyclic amines) is 1. The Morgan fingerprint density at radius 3 is 2.72 bits per heavy atom. The summed E-state index contributed by atoms with van der Waals surface area (Å²) in [5, 5.41) is 16.9. The molecule has 2 aromatic carbocycles. The van der Waals surface area contributed by atoms with Crippen LogP contribution in [0.3, 0.4) is 0 Å². The number of fused-ring (bicyclic) bond motifs is 4. The fourth-order valence-electron chi connectivity index (χ4n) is 5.55. The summed E-state index contributed by atoms with van der Waals surface area (Å²) in [6.07, 6.45) is -3.64. The molecule has 2 N–H and O–H groups in total. The average Bonchev–Trinajstić information content (AvgIpc) is 3.31. The van der Waals surface area contributed by atoms with E-state index in [-0.39, 0.29) is 18.2 Å². The van der Waals surface area contributed by atoms with E-state index in [2.05, 4.69) is 40.5 Å². The summed E-state index contributed by atoms with van der Waals surface area (Å²) in [6.45, 7) is 4.22. The molecule has 1 fully saturated rings. The van der Waals surface area contributed by atoms with Crippen molar-refractivity contribution in [2.45, 2.75) is 31.5 Å². The van der Waals surface area contributed by atoms with Crippen LogP contribution in [0.2, 0.25) is 0 Å². The van der Waals surface area contributed by atoms with Crippen molar-refractivity contribution in [2.24, 2.45) is 5.92 Å². The first-order valence-corrected chi connectivity index (χ1v) is 15.2. The van der Waals surface area contributed by atoms with Gasteiger partial charge in [-0.2, -0.15) is 18.4 Å². The Kier molecular flexibility index (Phi) is 10.3. The van der Waals surface area contributed by atoms with E-state index in [1.807, 2.05) is 12.1 Å². The minimum absolute atomic E-state index is 0.167. The highest BCUT2D eigenvalue weighted by Crippen LogP contribution is 2.40. The van der Waals surface area contributed by atoms with Crippen LogP contribution in [0.25, 0.3) is 10.1 Å². The van der Waals surface area contributed by atoms with Gasteiger partial charge in [0.25, 0.3) is 0 Å². The molecule has 2 unspecified atom stereocenters. The van der Waals surface area contributed by atoms with Gasteiger partial charge in [0.05, 0.1) is 59.7 Å². The number of piperidine rings is 1. The molecule has 0 saturated carbocycles. The Morgan fingerprint density at radius 1 is 1.09 bits per heavy atom. The molecule has 1 saturated heterocycles. The zero-order valence-electron chi connectivity index (χ0n) is 24.1. The third-order valence-electron chi connectivity index (χ3n) is 7.59. The van der Waals surface area contributed by atoms with Crippen LogP contribution in [-0.4, -0.2) is 76.8 Å². The maximum absolute atomic E-state index is 13.7. The molecule has 4 bridgehead atoms. The number of anilines is 2. The predicted molar refractivity (Wildman–Crippen MR) is 163 cm³/mol. The van der Waals surface area contributed by atoms with Crippen LogP contribution in [0.1, 0.15) is 28.8 Å². The van der Waals surface area contributed by atoms with Gasteiger partial charge in [0.2, 0.25) is 0 Å². The first-order valence-electron chi connectivity index (χ1n) is 14.4. The largest absolute Gasteiger partial charge is 0.491 e. The lowest BCUT2D eigenvalue weighted by Crippen LogP contribution is -2.45. The second-order valence-electron chi connectivity index (χ2n) is 10.8. The molecule has 5 rings (SSSR count). The highest BCUT2D eigenvalue weighted by Gasteiger charge is 2.32. The van der Waals surface area contributed by atoms with Crippen LogP contribution in [0.5, 0.6) is 5.75 Å². The van der Waals surface area contributed by atoms with E-state index in [9.17, 15) is 18.4 Å². The maximum atomic E-state index is 13.7. The summed E-state index contributed by atoms with van der Waals surface area (Å²) in [6, 6.07) is 12.9. The summed E-state index contributed by atoms with van der Waals surface area (Å²) < 4.78 is 59.2. The van der Waals surface area contributed by atoms with Crippen LogP contribution in [0.4, 0.5) is 24.5 Å². The molecule has 2 aliphatic rings. The van der Waals surface area contributed by atoms with Crippen molar-refractivity contribution < 1.29 is 27.4 Å². The number of hydrogen-bond donors (Lipinski definition) is 2. The second kappa shape index (κ2) is 14.3. The molecule has 7 nitrogen and oxygen atoms in total. The summed E-state index contributed by atoms with van der Waals surface area (Å²) in [5.41, 5.74) is 2.08. The van der Waals surface area contributed by atoms with E-state index in [0.717, 1.165) is 36.3 Å². The molecule has 2 atom stereocenters. The molecule has 11 heteroatoms. The van der Waals surface area contributed by atoms with Crippen molar-refractivity contribution in [3.63, 3.8) is 0 Å². The van der Waals surface area contributed by atoms with Gasteiger partial charge in [-0.05, 0) is 61.5 Å². The van der Waals surface area contributed by atoms with E-state index in [1.54, 1.807) is 24.3 Å². The number of ether oxygens (including phenoxy) is 3. The Balaban J connectivity index is 1.47. The lowest BCUT2D eigenvalue weighted by molar-refractivity contribution is -0.126. The summed E-state index contributed by atoms with van der Waals surface area (Å²) >= 11 is 1.30. The van der Waals surface area contributed by atoms with Crippen LogP contribution in [0, 0.1) is 29.1 Å². The zero-order valence-corrected chi connectivity index (χ0v) is 24.9. The van der Waals surface area contributed by atoms with Gasteiger partial charge in [-0.25, -0.2) is 0 Å². The molecule has 43 heavy (non-hydrogen) atoms.